The lowest BCUT2D eigenvalue weighted by molar-refractivity contribution is 0.0934. The average molecular weight is 569 g/mol. The number of Topliss-reactive ketones (excluding diaryl/α,β-unsaturated/α-hetero) is 2. The van der Waals surface area contributed by atoms with E-state index >= 15 is 0 Å². The molecule has 4 rings (SSSR count). The van der Waals surface area contributed by atoms with E-state index in [4.69, 9.17) is 0 Å². The standard InChI is InChI=1S/C34H36N2O2S2/c1-33(2,3)21-29(37)31-13-11-25(39-31)9-7-23-15-17-35-27(19-23)28-20-24(16-18-36-28)8-10-26-12-14-32(40-26)30(38)22-34(4,5)6/h7-20H,21-22H2,1-6H3. The van der Waals surface area contributed by atoms with Crippen LogP contribution in [0.25, 0.3) is 35.7 Å². The first-order valence-corrected chi connectivity index (χ1v) is 15.0. The molecule has 0 bridgehead atoms. The van der Waals surface area contributed by atoms with E-state index in [1.54, 1.807) is 12.4 Å². The van der Waals surface area contributed by atoms with Gasteiger partial charge in [-0.25, -0.2) is 0 Å². The number of hydrogen-bond acceptors (Lipinski definition) is 6. The number of aromatic nitrogens is 2. The van der Waals surface area contributed by atoms with E-state index in [1.807, 2.05) is 72.8 Å². The van der Waals surface area contributed by atoms with Crippen LogP contribution in [0.5, 0.6) is 0 Å². The van der Waals surface area contributed by atoms with Crippen molar-refractivity contribution in [3.8, 4) is 11.4 Å². The monoisotopic (exact) mass is 568 g/mol. The van der Waals surface area contributed by atoms with Gasteiger partial charge in [0.05, 0.1) is 21.1 Å². The summed E-state index contributed by atoms with van der Waals surface area (Å²) in [5, 5.41) is 0. The van der Waals surface area contributed by atoms with Crippen LogP contribution in [-0.4, -0.2) is 21.5 Å². The minimum Gasteiger partial charge on any atom is -0.293 e. The van der Waals surface area contributed by atoms with Gasteiger partial charge in [-0.3, -0.25) is 19.6 Å². The van der Waals surface area contributed by atoms with Crippen LogP contribution in [0, 0.1) is 10.8 Å². The molecular formula is C34H36N2O2S2. The Hall–Kier alpha value is -3.48. The molecule has 0 saturated heterocycles. The molecule has 6 heteroatoms. The van der Waals surface area contributed by atoms with Gasteiger partial charge >= 0.3 is 0 Å². The first-order chi connectivity index (χ1) is 18.8. The molecule has 0 unspecified atom stereocenters. The first kappa shape index (κ1) is 29.5. The molecule has 206 valence electrons. The van der Waals surface area contributed by atoms with Crippen LogP contribution >= 0.6 is 22.7 Å². The summed E-state index contributed by atoms with van der Waals surface area (Å²) in [7, 11) is 0. The number of carbonyl (C=O) groups is 2. The van der Waals surface area contributed by atoms with Crippen molar-refractivity contribution < 1.29 is 9.59 Å². The normalized spacial score (nSPS) is 12.4. The molecule has 0 radical (unpaired) electrons. The van der Waals surface area contributed by atoms with E-state index in [0.717, 1.165) is 42.0 Å². The molecule has 0 aliphatic rings. The Morgan fingerprint density at radius 1 is 0.625 bits per heavy atom. The molecule has 0 N–H and O–H groups in total. The summed E-state index contributed by atoms with van der Waals surface area (Å²) < 4.78 is 0. The molecule has 0 spiro atoms. The molecule has 4 aromatic heterocycles. The van der Waals surface area contributed by atoms with Crippen molar-refractivity contribution in [1.29, 1.82) is 0 Å². The average Bonchev–Trinajstić information content (AvgIpc) is 3.55. The summed E-state index contributed by atoms with van der Waals surface area (Å²) in [6.07, 6.45) is 12.8. The van der Waals surface area contributed by atoms with E-state index < -0.39 is 0 Å². The third-order valence-corrected chi connectivity index (χ3v) is 8.08. The highest BCUT2D eigenvalue weighted by Gasteiger charge is 2.19. The second-order valence-corrected chi connectivity index (χ2v) is 14.6. The zero-order valence-electron chi connectivity index (χ0n) is 24.0. The Balaban J connectivity index is 1.44. The van der Waals surface area contributed by atoms with E-state index in [-0.39, 0.29) is 22.4 Å². The van der Waals surface area contributed by atoms with Crippen molar-refractivity contribution in [2.24, 2.45) is 10.8 Å². The van der Waals surface area contributed by atoms with Crippen LogP contribution in [0.2, 0.25) is 0 Å². The molecule has 0 aromatic carbocycles. The van der Waals surface area contributed by atoms with Gasteiger partial charge in [0, 0.05) is 35.0 Å². The SMILES string of the molecule is CC(C)(C)CC(=O)c1ccc(C=Cc2ccnc(-c3cc(C=Cc4ccc(C(=O)CC(C)(C)C)s4)ccn3)c2)s1. The lowest BCUT2D eigenvalue weighted by atomic mass is 9.89. The van der Waals surface area contributed by atoms with Crippen LogP contribution in [0.4, 0.5) is 0 Å². The van der Waals surface area contributed by atoms with Crippen molar-refractivity contribution in [2.45, 2.75) is 54.4 Å². The summed E-state index contributed by atoms with van der Waals surface area (Å²) in [5.41, 5.74) is 3.55. The second kappa shape index (κ2) is 12.4. The fourth-order valence-electron chi connectivity index (χ4n) is 4.06. The molecule has 40 heavy (non-hydrogen) atoms. The molecular weight excluding hydrogens is 533 g/mol. The maximum Gasteiger partial charge on any atom is 0.173 e. The molecule has 4 heterocycles. The highest BCUT2D eigenvalue weighted by atomic mass is 32.1. The van der Waals surface area contributed by atoms with Gasteiger partial charge in [-0.2, -0.15) is 0 Å². The number of hydrogen-bond donors (Lipinski definition) is 0. The zero-order chi connectivity index (χ0) is 28.9. The first-order valence-electron chi connectivity index (χ1n) is 13.4. The minimum absolute atomic E-state index is 0.0223. The maximum absolute atomic E-state index is 12.5. The van der Waals surface area contributed by atoms with E-state index in [9.17, 15) is 9.59 Å². The van der Waals surface area contributed by atoms with E-state index in [1.165, 1.54) is 22.7 Å². The highest BCUT2D eigenvalue weighted by molar-refractivity contribution is 7.15. The van der Waals surface area contributed by atoms with Crippen molar-refractivity contribution >= 4 is 58.5 Å². The van der Waals surface area contributed by atoms with E-state index in [2.05, 4.69) is 51.5 Å². The summed E-state index contributed by atoms with van der Waals surface area (Å²) in [4.78, 5) is 37.8. The number of rotatable bonds is 9. The molecule has 0 amide bonds. The third kappa shape index (κ3) is 8.77. The Morgan fingerprint density at radius 2 is 1.02 bits per heavy atom. The molecule has 4 aromatic rings. The Bertz CT molecular complexity index is 1440. The maximum atomic E-state index is 12.5. The van der Waals surface area contributed by atoms with Gasteiger partial charge < -0.3 is 0 Å². The molecule has 0 aliphatic heterocycles. The number of ketones is 2. The lowest BCUT2D eigenvalue weighted by Gasteiger charge is -2.15. The van der Waals surface area contributed by atoms with Crippen molar-refractivity contribution in [3.05, 3.63) is 91.6 Å². The smallest absolute Gasteiger partial charge is 0.173 e. The number of carbonyl (C=O) groups excluding carboxylic acids is 2. The Morgan fingerprint density at radius 3 is 1.40 bits per heavy atom. The summed E-state index contributed by atoms with van der Waals surface area (Å²) >= 11 is 3.04. The van der Waals surface area contributed by atoms with Gasteiger partial charge in [-0.05, 0) is 82.6 Å². The molecule has 0 fully saturated rings. The summed E-state index contributed by atoms with van der Waals surface area (Å²) in [6.45, 7) is 12.5. The topological polar surface area (TPSA) is 59.9 Å². The quantitative estimate of drug-likeness (QED) is 0.189. The van der Waals surface area contributed by atoms with E-state index in [0.29, 0.717) is 12.8 Å². The van der Waals surface area contributed by atoms with Gasteiger partial charge in [0.15, 0.2) is 11.6 Å². The van der Waals surface area contributed by atoms with Gasteiger partial charge in [0.2, 0.25) is 0 Å². The Kier molecular flexibility index (Phi) is 9.12. The van der Waals surface area contributed by atoms with Crippen LogP contribution in [-0.2, 0) is 0 Å². The van der Waals surface area contributed by atoms with Gasteiger partial charge in [-0.1, -0.05) is 53.7 Å². The van der Waals surface area contributed by atoms with Gasteiger partial charge in [-0.15, -0.1) is 22.7 Å². The number of nitrogens with zero attached hydrogens (tertiary/aromatic N) is 2. The molecule has 0 atom stereocenters. The van der Waals surface area contributed by atoms with Crippen LogP contribution in [0.1, 0.15) is 94.6 Å². The lowest BCUT2D eigenvalue weighted by Crippen LogP contribution is -2.11. The number of thiophene rings is 2. The predicted octanol–water partition coefficient (Wildman–Crippen LogP) is 9.85. The molecule has 4 nitrogen and oxygen atoms in total. The Labute approximate surface area is 245 Å². The fraction of sp³-hybridized carbons (Fsp3) is 0.294. The van der Waals surface area contributed by atoms with Crippen molar-refractivity contribution in [2.75, 3.05) is 0 Å². The predicted molar refractivity (Wildman–Crippen MR) is 171 cm³/mol. The highest BCUT2D eigenvalue weighted by Crippen LogP contribution is 2.28. The molecule has 0 saturated carbocycles. The summed E-state index contributed by atoms with van der Waals surface area (Å²) in [6, 6.07) is 15.8. The van der Waals surface area contributed by atoms with Gasteiger partial charge in [0.1, 0.15) is 0 Å². The fourth-order valence-corrected chi connectivity index (χ4v) is 5.76. The van der Waals surface area contributed by atoms with Gasteiger partial charge in [0.25, 0.3) is 0 Å². The largest absolute Gasteiger partial charge is 0.293 e. The van der Waals surface area contributed by atoms with Crippen LogP contribution in [0.15, 0.2) is 60.9 Å². The van der Waals surface area contributed by atoms with Crippen molar-refractivity contribution in [1.82, 2.24) is 9.97 Å². The summed E-state index contributed by atoms with van der Waals surface area (Å²) in [5.74, 6) is 0.383. The number of pyridine rings is 2. The van der Waals surface area contributed by atoms with Crippen LogP contribution < -0.4 is 0 Å². The van der Waals surface area contributed by atoms with Crippen LogP contribution in [0.3, 0.4) is 0 Å². The van der Waals surface area contributed by atoms with Crippen molar-refractivity contribution in [3.63, 3.8) is 0 Å². The molecule has 0 aliphatic carbocycles. The second-order valence-electron chi connectivity index (χ2n) is 12.3. The zero-order valence-corrected chi connectivity index (χ0v) is 25.7. The third-order valence-electron chi connectivity index (χ3n) is 5.90. The minimum atomic E-state index is -0.0223.